The minimum absolute atomic E-state index is 0.0965. The Morgan fingerprint density at radius 1 is 1.19 bits per heavy atom. The van der Waals surface area contributed by atoms with Gasteiger partial charge in [0.05, 0.1) is 31.4 Å². The van der Waals surface area contributed by atoms with Gasteiger partial charge >= 0.3 is 0 Å². The zero-order chi connectivity index (χ0) is 22.1. The van der Waals surface area contributed by atoms with Crippen molar-refractivity contribution in [2.24, 2.45) is 0 Å². The highest BCUT2D eigenvalue weighted by Crippen LogP contribution is 2.26. The number of halogens is 1. The van der Waals surface area contributed by atoms with Crippen LogP contribution in [0.15, 0.2) is 59.8 Å². The molecule has 0 unspecified atom stereocenters. The van der Waals surface area contributed by atoms with Crippen molar-refractivity contribution in [3.05, 3.63) is 59.6 Å². The Labute approximate surface area is 190 Å². The number of para-hydroxylation sites is 1. The van der Waals surface area contributed by atoms with Gasteiger partial charge in [-0.1, -0.05) is 41.6 Å². The molecular formula is C22H22ClN5O2S. The van der Waals surface area contributed by atoms with E-state index in [9.17, 15) is 4.79 Å². The largest absolute Gasteiger partial charge is 0.383 e. The quantitative estimate of drug-likeness (QED) is 0.424. The predicted octanol–water partition coefficient (Wildman–Crippen LogP) is 4.28. The van der Waals surface area contributed by atoms with E-state index in [-0.39, 0.29) is 18.1 Å². The van der Waals surface area contributed by atoms with E-state index in [1.54, 1.807) is 24.1 Å². The van der Waals surface area contributed by atoms with Crippen molar-refractivity contribution in [3.63, 3.8) is 0 Å². The lowest BCUT2D eigenvalue weighted by molar-refractivity contribution is -0.116. The Morgan fingerprint density at radius 2 is 1.94 bits per heavy atom. The van der Waals surface area contributed by atoms with Crippen LogP contribution in [0.3, 0.4) is 0 Å². The summed E-state index contributed by atoms with van der Waals surface area (Å²) in [5, 5.41) is 18.9. The molecule has 31 heavy (non-hydrogen) atoms. The van der Waals surface area contributed by atoms with Crippen LogP contribution in [0.5, 0.6) is 0 Å². The Morgan fingerprint density at radius 3 is 2.61 bits per heavy atom. The highest BCUT2D eigenvalue weighted by atomic mass is 35.5. The van der Waals surface area contributed by atoms with Gasteiger partial charge in [0.2, 0.25) is 5.91 Å². The highest BCUT2D eigenvalue weighted by Gasteiger charge is 2.19. The third kappa shape index (κ3) is 6.07. The number of thioether (sulfide) groups is 1. The smallest absolute Gasteiger partial charge is 0.237 e. The number of carbonyl (C=O) groups excluding carboxylic acids is 1. The number of nitrogens with zero attached hydrogens (tertiary/aromatic N) is 5. The Bertz CT molecular complexity index is 1030. The molecule has 0 aliphatic carbocycles. The number of hydrogen-bond acceptors (Lipinski definition) is 6. The normalized spacial score (nSPS) is 10.6. The van der Waals surface area contributed by atoms with Gasteiger partial charge in [-0.15, -0.1) is 10.2 Å². The van der Waals surface area contributed by atoms with E-state index in [0.717, 1.165) is 11.3 Å². The summed E-state index contributed by atoms with van der Waals surface area (Å²) < 4.78 is 7.17. The number of amides is 1. The lowest BCUT2D eigenvalue weighted by Crippen LogP contribution is -2.33. The van der Waals surface area contributed by atoms with Crippen LogP contribution in [-0.4, -0.2) is 46.7 Å². The molecule has 7 nitrogen and oxygen atoms in total. The monoisotopic (exact) mass is 455 g/mol. The summed E-state index contributed by atoms with van der Waals surface area (Å²) >= 11 is 7.31. The number of benzene rings is 2. The van der Waals surface area contributed by atoms with Crippen LogP contribution in [0, 0.1) is 11.3 Å². The van der Waals surface area contributed by atoms with Crippen LogP contribution in [0.2, 0.25) is 5.02 Å². The molecule has 0 radical (unpaired) electrons. The van der Waals surface area contributed by atoms with Gasteiger partial charge in [0.15, 0.2) is 11.0 Å². The summed E-state index contributed by atoms with van der Waals surface area (Å²) in [5.74, 6) is 0.764. The Kier molecular flexibility index (Phi) is 8.47. The highest BCUT2D eigenvalue weighted by molar-refractivity contribution is 7.99. The molecule has 1 amide bonds. The second kappa shape index (κ2) is 11.5. The molecule has 0 spiro atoms. The summed E-state index contributed by atoms with van der Waals surface area (Å²) in [4.78, 5) is 14.6. The van der Waals surface area contributed by atoms with Crippen LogP contribution >= 0.6 is 23.4 Å². The molecule has 9 heteroatoms. The molecule has 0 aliphatic heterocycles. The van der Waals surface area contributed by atoms with Crippen molar-refractivity contribution >= 4 is 35.0 Å². The maximum atomic E-state index is 13.0. The molecule has 0 N–H and O–H groups in total. The number of nitriles is 1. The zero-order valence-corrected chi connectivity index (χ0v) is 18.6. The molecular weight excluding hydrogens is 434 g/mol. The lowest BCUT2D eigenvalue weighted by atomic mass is 10.2. The molecule has 160 valence electrons. The maximum absolute atomic E-state index is 13.0. The van der Waals surface area contributed by atoms with Crippen LogP contribution in [0.25, 0.3) is 11.4 Å². The molecule has 0 fully saturated rings. The topological polar surface area (TPSA) is 84.0 Å². The summed E-state index contributed by atoms with van der Waals surface area (Å²) in [6, 6.07) is 18.8. The molecule has 0 saturated heterocycles. The van der Waals surface area contributed by atoms with Crippen LogP contribution in [0.4, 0.5) is 5.69 Å². The molecule has 1 aromatic heterocycles. The molecule has 1 heterocycles. The third-order valence-electron chi connectivity index (χ3n) is 4.48. The van der Waals surface area contributed by atoms with Crippen molar-refractivity contribution in [3.8, 4) is 17.5 Å². The van der Waals surface area contributed by atoms with Gasteiger partial charge in [-0.05, 0) is 36.4 Å². The van der Waals surface area contributed by atoms with Gasteiger partial charge in [0.25, 0.3) is 0 Å². The van der Waals surface area contributed by atoms with Crippen molar-refractivity contribution in [1.29, 1.82) is 5.26 Å². The second-order valence-electron chi connectivity index (χ2n) is 6.54. The van der Waals surface area contributed by atoms with E-state index >= 15 is 0 Å². The number of aromatic nitrogens is 3. The summed E-state index contributed by atoms with van der Waals surface area (Å²) in [6.45, 7) is 1.37. The van der Waals surface area contributed by atoms with Gasteiger partial charge in [-0.25, -0.2) is 0 Å². The predicted molar refractivity (Wildman–Crippen MR) is 122 cm³/mol. The number of methoxy groups -OCH3 is 1. The van der Waals surface area contributed by atoms with E-state index in [2.05, 4.69) is 16.3 Å². The number of carbonyl (C=O) groups is 1. The van der Waals surface area contributed by atoms with Crippen molar-refractivity contribution < 1.29 is 9.53 Å². The maximum Gasteiger partial charge on any atom is 0.237 e. The van der Waals surface area contributed by atoms with E-state index in [4.69, 9.17) is 21.6 Å². The molecule has 2 aromatic carbocycles. The Hall–Kier alpha value is -2.86. The fourth-order valence-corrected chi connectivity index (χ4v) is 3.93. The van der Waals surface area contributed by atoms with E-state index in [1.165, 1.54) is 11.8 Å². The molecule has 0 aliphatic rings. The number of ether oxygens (including phenoxy) is 1. The molecule has 3 rings (SSSR count). The van der Waals surface area contributed by atoms with Crippen LogP contribution in [0.1, 0.15) is 6.42 Å². The van der Waals surface area contributed by atoms with Crippen LogP contribution in [-0.2, 0) is 16.1 Å². The van der Waals surface area contributed by atoms with Gasteiger partial charge in [-0.3, -0.25) is 9.36 Å². The van der Waals surface area contributed by atoms with Gasteiger partial charge in [0.1, 0.15) is 0 Å². The first kappa shape index (κ1) is 22.8. The minimum atomic E-state index is -0.0965. The van der Waals surface area contributed by atoms with E-state index in [1.807, 2.05) is 47.0 Å². The van der Waals surface area contributed by atoms with E-state index < -0.39 is 0 Å². The average molecular weight is 456 g/mol. The van der Waals surface area contributed by atoms with Crippen LogP contribution < -0.4 is 4.90 Å². The zero-order valence-electron chi connectivity index (χ0n) is 17.1. The first-order chi connectivity index (χ1) is 15.1. The van der Waals surface area contributed by atoms with Gasteiger partial charge < -0.3 is 9.64 Å². The summed E-state index contributed by atoms with van der Waals surface area (Å²) in [5.41, 5.74) is 1.65. The molecule has 0 bridgehead atoms. The first-order valence-electron chi connectivity index (χ1n) is 9.67. The summed E-state index contributed by atoms with van der Waals surface area (Å²) in [6.07, 6.45) is 0.260. The lowest BCUT2D eigenvalue weighted by Gasteiger charge is -2.21. The minimum Gasteiger partial charge on any atom is -0.383 e. The fraction of sp³-hybridized carbons (Fsp3) is 0.273. The van der Waals surface area contributed by atoms with E-state index in [0.29, 0.717) is 35.7 Å². The van der Waals surface area contributed by atoms with Crippen molar-refractivity contribution in [2.45, 2.75) is 18.1 Å². The summed E-state index contributed by atoms with van der Waals surface area (Å²) in [7, 11) is 1.63. The number of hydrogen-bond donors (Lipinski definition) is 0. The fourth-order valence-electron chi connectivity index (χ4n) is 2.96. The average Bonchev–Trinajstić information content (AvgIpc) is 3.20. The molecule has 0 saturated carbocycles. The first-order valence-corrected chi connectivity index (χ1v) is 11.0. The van der Waals surface area contributed by atoms with Crippen molar-refractivity contribution in [2.75, 3.05) is 30.9 Å². The molecule has 3 aromatic rings. The van der Waals surface area contributed by atoms with Gasteiger partial charge in [-0.2, -0.15) is 5.26 Å². The third-order valence-corrected chi connectivity index (χ3v) is 5.68. The Balaban J connectivity index is 1.78. The standard InChI is InChI=1S/C22H22ClN5O2S/c1-30-15-14-28-21(17-8-10-18(23)11-9-17)25-26-22(28)31-16-20(29)27(13-5-12-24)19-6-3-2-4-7-19/h2-4,6-11H,5,13-16H2,1H3. The SMILES string of the molecule is COCCn1c(SCC(=O)N(CCC#N)c2ccccc2)nnc1-c1ccc(Cl)cc1. The molecule has 0 atom stereocenters. The van der Waals surface area contributed by atoms with Crippen molar-refractivity contribution in [1.82, 2.24) is 14.8 Å². The second-order valence-corrected chi connectivity index (χ2v) is 7.91. The number of anilines is 1. The number of rotatable bonds is 10. The van der Waals surface area contributed by atoms with Gasteiger partial charge in [0, 0.05) is 29.9 Å².